The molecule has 5 nitrogen and oxygen atoms in total. The lowest BCUT2D eigenvalue weighted by atomic mass is 9.88. The Bertz CT molecular complexity index is 721. The number of benzene rings is 1. The number of nitrogens with one attached hydrogen (secondary N) is 2. The Morgan fingerprint density at radius 2 is 1.92 bits per heavy atom. The number of halogens is 4. The predicted octanol–water partition coefficient (Wildman–Crippen LogP) is 3.31. The summed E-state index contributed by atoms with van der Waals surface area (Å²) in [6, 6.07) is 6.16. The largest absolute Gasteiger partial charge is 0.346 e. The van der Waals surface area contributed by atoms with Crippen LogP contribution in [0.2, 0.25) is 0 Å². The van der Waals surface area contributed by atoms with Crippen LogP contribution in [0.1, 0.15) is 32.3 Å². The van der Waals surface area contributed by atoms with Crippen molar-refractivity contribution < 1.29 is 13.6 Å². The lowest BCUT2D eigenvalue weighted by Crippen LogP contribution is -2.50. The summed E-state index contributed by atoms with van der Waals surface area (Å²) in [5.74, 6) is 0.199. The SMILES string of the molecule is CC(NC(=O)C(C)C1CNC1)c1nc2ccccc2n1C(F)F.Cl.Cl. The lowest BCUT2D eigenvalue weighted by Gasteiger charge is -2.32. The summed E-state index contributed by atoms with van der Waals surface area (Å²) >= 11 is 0. The first-order chi connectivity index (χ1) is 11.0. The van der Waals surface area contributed by atoms with E-state index in [0.717, 1.165) is 17.7 Å². The normalized spacial score (nSPS) is 16.5. The number of fused-ring (bicyclic) bond motifs is 1. The van der Waals surface area contributed by atoms with E-state index in [4.69, 9.17) is 0 Å². The minimum absolute atomic E-state index is 0. The quantitative estimate of drug-likeness (QED) is 0.817. The van der Waals surface area contributed by atoms with Crippen molar-refractivity contribution in [3.05, 3.63) is 30.1 Å². The van der Waals surface area contributed by atoms with Crippen LogP contribution < -0.4 is 10.6 Å². The number of amides is 1. The van der Waals surface area contributed by atoms with Crippen LogP contribution in [-0.2, 0) is 4.79 Å². The third-order valence-electron chi connectivity index (χ3n) is 4.50. The first kappa shape index (κ1) is 21.6. The van der Waals surface area contributed by atoms with Gasteiger partial charge in [0.05, 0.1) is 17.1 Å². The van der Waals surface area contributed by atoms with Crippen molar-refractivity contribution in [2.45, 2.75) is 26.4 Å². The van der Waals surface area contributed by atoms with E-state index >= 15 is 0 Å². The first-order valence-electron chi connectivity index (χ1n) is 7.75. The Morgan fingerprint density at radius 1 is 1.28 bits per heavy atom. The Morgan fingerprint density at radius 3 is 2.48 bits per heavy atom. The zero-order valence-electron chi connectivity index (χ0n) is 13.9. The van der Waals surface area contributed by atoms with Gasteiger partial charge in [0.1, 0.15) is 5.82 Å². The van der Waals surface area contributed by atoms with Gasteiger partial charge in [-0.3, -0.25) is 9.36 Å². The molecule has 2 N–H and O–H groups in total. The number of carbonyl (C=O) groups excluding carboxylic acids is 1. The molecule has 0 spiro atoms. The second kappa shape index (κ2) is 8.78. The van der Waals surface area contributed by atoms with Gasteiger partial charge < -0.3 is 10.6 Å². The molecule has 140 valence electrons. The van der Waals surface area contributed by atoms with Gasteiger partial charge in [-0.05, 0) is 38.1 Å². The van der Waals surface area contributed by atoms with Crippen LogP contribution in [0.15, 0.2) is 24.3 Å². The summed E-state index contributed by atoms with van der Waals surface area (Å²) in [5.41, 5.74) is 0.870. The smallest absolute Gasteiger partial charge is 0.320 e. The van der Waals surface area contributed by atoms with Crippen molar-refractivity contribution in [1.29, 1.82) is 0 Å². The summed E-state index contributed by atoms with van der Waals surface area (Å²) in [4.78, 5) is 16.6. The molecule has 0 radical (unpaired) electrons. The van der Waals surface area contributed by atoms with Gasteiger partial charge in [-0.25, -0.2) is 4.98 Å². The average Bonchev–Trinajstić information content (AvgIpc) is 2.84. The van der Waals surface area contributed by atoms with Crippen LogP contribution in [-0.4, -0.2) is 28.5 Å². The van der Waals surface area contributed by atoms with Gasteiger partial charge in [-0.2, -0.15) is 8.78 Å². The second-order valence-corrected chi connectivity index (χ2v) is 6.04. The maximum absolute atomic E-state index is 13.4. The Labute approximate surface area is 157 Å². The maximum Gasteiger partial charge on any atom is 0.320 e. The monoisotopic (exact) mass is 394 g/mol. The molecule has 1 fully saturated rings. The van der Waals surface area contributed by atoms with E-state index in [1.54, 1.807) is 31.2 Å². The molecule has 1 aromatic carbocycles. The number of alkyl halides is 2. The number of imidazole rings is 1. The summed E-state index contributed by atoms with van der Waals surface area (Å²) in [7, 11) is 0. The highest BCUT2D eigenvalue weighted by molar-refractivity contribution is 5.85. The third kappa shape index (κ3) is 4.22. The van der Waals surface area contributed by atoms with E-state index in [2.05, 4.69) is 15.6 Å². The molecule has 3 rings (SSSR count). The number of aromatic nitrogens is 2. The molecule has 1 saturated heterocycles. The molecule has 1 amide bonds. The molecule has 2 aromatic rings. The minimum Gasteiger partial charge on any atom is -0.346 e. The highest BCUT2D eigenvalue weighted by Gasteiger charge is 2.30. The minimum atomic E-state index is -2.70. The molecule has 2 heterocycles. The van der Waals surface area contributed by atoms with Gasteiger partial charge in [0, 0.05) is 5.92 Å². The van der Waals surface area contributed by atoms with Crippen LogP contribution >= 0.6 is 24.8 Å². The molecule has 1 aromatic heterocycles. The second-order valence-electron chi connectivity index (χ2n) is 6.04. The van der Waals surface area contributed by atoms with Gasteiger partial charge in [0.2, 0.25) is 5.91 Å². The molecule has 1 aliphatic heterocycles. The molecule has 0 aliphatic carbocycles. The number of hydrogen-bond donors (Lipinski definition) is 2. The van der Waals surface area contributed by atoms with Gasteiger partial charge in [-0.15, -0.1) is 24.8 Å². The molecule has 9 heteroatoms. The topological polar surface area (TPSA) is 59.0 Å². The molecule has 2 unspecified atom stereocenters. The van der Waals surface area contributed by atoms with Crippen molar-refractivity contribution in [3.63, 3.8) is 0 Å². The highest BCUT2D eigenvalue weighted by Crippen LogP contribution is 2.27. The van der Waals surface area contributed by atoms with E-state index in [1.165, 1.54) is 0 Å². The van der Waals surface area contributed by atoms with Crippen molar-refractivity contribution in [2.24, 2.45) is 11.8 Å². The number of para-hydroxylation sites is 2. The summed E-state index contributed by atoms with van der Waals surface area (Å²) < 4.78 is 27.8. The fourth-order valence-corrected chi connectivity index (χ4v) is 2.86. The molecular weight excluding hydrogens is 373 g/mol. The molecule has 25 heavy (non-hydrogen) atoms. The fraction of sp³-hybridized carbons (Fsp3) is 0.500. The van der Waals surface area contributed by atoms with Gasteiger partial charge in [0.15, 0.2) is 0 Å². The van der Waals surface area contributed by atoms with E-state index in [-0.39, 0.29) is 42.5 Å². The highest BCUT2D eigenvalue weighted by atomic mass is 35.5. The third-order valence-corrected chi connectivity index (χ3v) is 4.50. The van der Waals surface area contributed by atoms with Crippen molar-refractivity contribution in [1.82, 2.24) is 20.2 Å². The van der Waals surface area contributed by atoms with Gasteiger partial charge in [0.25, 0.3) is 0 Å². The predicted molar refractivity (Wildman–Crippen MR) is 97.6 cm³/mol. The molecule has 2 atom stereocenters. The van der Waals surface area contributed by atoms with Crippen molar-refractivity contribution in [2.75, 3.05) is 13.1 Å². The Balaban J connectivity index is 0.00000156. The molecule has 1 aliphatic rings. The zero-order chi connectivity index (χ0) is 16.6. The van der Waals surface area contributed by atoms with Crippen molar-refractivity contribution in [3.8, 4) is 0 Å². The van der Waals surface area contributed by atoms with Crippen LogP contribution in [0.5, 0.6) is 0 Å². The number of rotatable bonds is 5. The molecular formula is C16H22Cl2F2N4O. The standard InChI is InChI=1S/C16H20F2N4O.2ClH/c1-9(11-7-19-8-11)15(23)20-10(2)14-21-12-5-3-4-6-13(12)22(14)16(17)18;;/h3-6,9-11,16,19H,7-8H2,1-2H3,(H,20,23);2*1H. The number of nitrogens with zero attached hydrogens (tertiary/aromatic N) is 2. The zero-order valence-corrected chi connectivity index (χ0v) is 15.5. The fourth-order valence-electron chi connectivity index (χ4n) is 2.86. The summed E-state index contributed by atoms with van der Waals surface area (Å²) in [5, 5.41) is 5.95. The Kier molecular flexibility index (Phi) is 7.59. The van der Waals surface area contributed by atoms with E-state index < -0.39 is 12.6 Å². The molecule has 0 bridgehead atoms. The van der Waals surface area contributed by atoms with Crippen LogP contribution in [0, 0.1) is 11.8 Å². The summed E-state index contributed by atoms with van der Waals surface area (Å²) in [6.07, 6.45) is 0. The maximum atomic E-state index is 13.4. The van der Waals surface area contributed by atoms with Gasteiger partial charge >= 0.3 is 6.55 Å². The average molecular weight is 395 g/mol. The van der Waals surface area contributed by atoms with Gasteiger partial charge in [-0.1, -0.05) is 19.1 Å². The number of carbonyl (C=O) groups is 1. The van der Waals surface area contributed by atoms with E-state index in [1.807, 2.05) is 6.92 Å². The van der Waals surface area contributed by atoms with Crippen LogP contribution in [0.4, 0.5) is 8.78 Å². The number of hydrogen-bond acceptors (Lipinski definition) is 3. The summed E-state index contributed by atoms with van der Waals surface area (Å²) in [6.45, 7) is 2.48. The van der Waals surface area contributed by atoms with E-state index in [9.17, 15) is 13.6 Å². The molecule has 0 saturated carbocycles. The Hall–Kier alpha value is -1.44. The van der Waals surface area contributed by atoms with Crippen LogP contribution in [0.25, 0.3) is 11.0 Å². The van der Waals surface area contributed by atoms with E-state index in [0.29, 0.717) is 17.0 Å². The first-order valence-corrected chi connectivity index (χ1v) is 7.75. The van der Waals surface area contributed by atoms with Crippen LogP contribution in [0.3, 0.4) is 0 Å². The lowest BCUT2D eigenvalue weighted by molar-refractivity contribution is -0.127. The van der Waals surface area contributed by atoms with Crippen molar-refractivity contribution >= 4 is 41.8 Å².